The fourth-order valence-electron chi connectivity index (χ4n) is 1.02. The second-order valence-electron chi connectivity index (χ2n) is 2.32. The number of hydrogen-bond acceptors (Lipinski definition) is 1. The van der Waals surface area contributed by atoms with Crippen LogP contribution in [0.4, 0.5) is 0 Å². The van der Waals surface area contributed by atoms with E-state index in [4.69, 9.17) is 5.11 Å². The Morgan fingerprint density at radius 2 is 2.20 bits per heavy atom. The molecule has 0 aliphatic heterocycles. The average molecular weight is 192 g/mol. The van der Waals surface area contributed by atoms with Crippen LogP contribution in [0, 0.1) is 5.92 Å². The molecule has 0 fully saturated rings. The molecule has 1 rings (SSSR count). The third-order valence-corrected chi connectivity index (χ3v) is 1.62. The molecule has 1 aliphatic rings. The van der Waals surface area contributed by atoms with E-state index in [2.05, 4.69) is 0 Å². The van der Waals surface area contributed by atoms with E-state index in [1.54, 1.807) is 0 Å². The number of hydrogen-bond donors (Lipinski definition) is 1. The zero-order valence-electron chi connectivity index (χ0n) is 5.92. The van der Waals surface area contributed by atoms with Crippen LogP contribution in [-0.4, -0.2) is 11.1 Å². The molecule has 1 aliphatic carbocycles. The third kappa shape index (κ3) is 2.61. The number of aliphatic carboxylic acids is 1. The Bertz CT molecular complexity index is 143. The van der Waals surface area contributed by atoms with Crippen molar-refractivity contribution >= 4 is 5.97 Å². The van der Waals surface area contributed by atoms with Gasteiger partial charge < -0.3 is 5.11 Å². The first kappa shape index (κ1) is 9.83. The van der Waals surface area contributed by atoms with Gasteiger partial charge in [-0.1, -0.05) is 12.2 Å². The summed E-state index contributed by atoms with van der Waals surface area (Å²) >= 11 is 0. The average Bonchev–Trinajstić information content (AvgIpc) is 1.90. The van der Waals surface area contributed by atoms with Crippen LogP contribution in [0.15, 0.2) is 12.2 Å². The molecule has 0 bridgehead atoms. The van der Waals surface area contributed by atoms with E-state index >= 15 is 0 Å². The van der Waals surface area contributed by atoms with E-state index in [1.807, 2.05) is 12.2 Å². The van der Waals surface area contributed by atoms with Crippen molar-refractivity contribution in [3.63, 3.8) is 0 Å². The molecule has 3 heteroatoms. The molecule has 0 amide bonds. The summed E-state index contributed by atoms with van der Waals surface area (Å²) in [6.45, 7) is 0. The normalized spacial score (nSPS) is 23.4. The van der Waals surface area contributed by atoms with Crippen molar-refractivity contribution in [2.75, 3.05) is 0 Å². The van der Waals surface area contributed by atoms with Gasteiger partial charge in [0.25, 0.3) is 0 Å². The van der Waals surface area contributed by atoms with Crippen molar-refractivity contribution in [2.45, 2.75) is 19.3 Å². The molecule has 2 nitrogen and oxygen atoms in total. The van der Waals surface area contributed by atoms with Crippen LogP contribution in [-0.2, 0) is 24.3 Å². The predicted octanol–water partition coefficient (Wildman–Crippen LogP) is 1.42. The second-order valence-corrected chi connectivity index (χ2v) is 2.32. The number of carboxylic acids is 1. The Balaban J connectivity index is 0.000000810. The zero-order valence-corrected chi connectivity index (χ0v) is 8.88. The minimum atomic E-state index is -0.653. The molecule has 1 N–H and O–H groups in total. The topological polar surface area (TPSA) is 37.3 Å². The summed E-state index contributed by atoms with van der Waals surface area (Å²) in [5.74, 6) is -0.769. The van der Waals surface area contributed by atoms with Gasteiger partial charge in [0.2, 0.25) is 0 Å². The summed E-state index contributed by atoms with van der Waals surface area (Å²) in [5, 5.41) is 8.50. The van der Waals surface area contributed by atoms with Crippen molar-refractivity contribution in [3.05, 3.63) is 12.2 Å². The maximum atomic E-state index is 10.3. The van der Waals surface area contributed by atoms with Crippen LogP contribution in [0.25, 0.3) is 0 Å². The second kappa shape index (κ2) is 4.62. The Labute approximate surface area is 73.1 Å². The van der Waals surface area contributed by atoms with Gasteiger partial charge in [-0.3, -0.25) is 4.79 Å². The standard InChI is InChI=1S/C7H10O2.Zn/c8-7(9)6-4-2-1-3-5-6;/h1-2,6H,3-5H2,(H,8,9);. The van der Waals surface area contributed by atoms with Crippen LogP contribution in [0.5, 0.6) is 0 Å². The van der Waals surface area contributed by atoms with Crippen LogP contribution in [0.1, 0.15) is 19.3 Å². The summed E-state index contributed by atoms with van der Waals surface area (Å²) in [4.78, 5) is 10.3. The van der Waals surface area contributed by atoms with Gasteiger partial charge in [0.05, 0.1) is 5.92 Å². The van der Waals surface area contributed by atoms with Crippen molar-refractivity contribution in [3.8, 4) is 0 Å². The van der Waals surface area contributed by atoms with E-state index in [-0.39, 0.29) is 25.4 Å². The summed E-state index contributed by atoms with van der Waals surface area (Å²) in [7, 11) is 0. The van der Waals surface area contributed by atoms with E-state index < -0.39 is 5.97 Å². The molecule has 0 aromatic rings. The summed E-state index contributed by atoms with van der Waals surface area (Å²) in [5.41, 5.74) is 0. The molecule has 0 heterocycles. The quantitative estimate of drug-likeness (QED) is 0.503. The SMILES string of the molecule is O=C(O)C1CC=CCC1.[Zn]. The fourth-order valence-corrected chi connectivity index (χ4v) is 1.02. The zero-order chi connectivity index (χ0) is 6.69. The largest absolute Gasteiger partial charge is 0.481 e. The Kier molecular flexibility index (Phi) is 4.54. The minimum absolute atomic E-state index is 0. The smallest absolute Gasteiger partial charge is 0.306 e. The number of allylic oxidation sites excluding steroid dienone is 2. The van der Waals surface area contributed by atoms with Gasteiger partial charge >= 0.3 is 5.97 Å². The van der Waals surface area contributed by atoms with E-state index in [9.17, 15) is 4.79 Å². The van der Waals surface area contributed by atoms with Crippen molar-refractivity contribution in [1.82, 2.24) is 0 Å². The monoisotopic (exact) mass is 190 g/mol. The van der Waals surface area contributed by atoms with Crippen molar-refractivity contribution < 1.29 is 29.4 Å². The van der Waals surface area contributed by atoms with Gasteiger partial charge in [-0.05, 0) is 19.3 Å². The van der Waals surface area contributed by atoms with Gasteiger partial charge in [-0.2, -0.15) is 0 Å². The first-order valence-electron chi connectivity index (χ1n) is 3.18. The van der Waals surface area contributed by atoms with E-state index in [0.717, 1.165) is 19.3 Å². The Hall–Kier alpha value is -0.167. The molecular weight excluding hydrogens is 181 g/mol. The molecule has 1 atom stereocenters. The maximum Gasteiger partial charge on any atom is 0.306 e. The fraction of sp³-hybridized carbons (Fsp3) is 0.571. The number of rotatable bonds is 1. The third-order valence-electron chi connectivity index (χ3n) is 1.62. The van der Waals surface area contributed by atoms with Crippen LogP contribution in [0.2, 0.25) is 0 Å². The van der Waals surface area contributed by atoms with Crippen molar-refractivity contribution in [1.29, 1.82) is 0 Å². The summed E-state index contributed by atoms with van der Waals surface area (Å²) in [6.07, 6.45) is 6.44. The van der Waals surface area contributed by atoms with Crippen LogP contribution >= 0.6 is 0 Å². The van der Waals surface area contributed by atoms with E-state index in [0.29, 0.717) is 0 Å². The van der Waals surface area contributed by atoms with Gasteiger partial charge in [0, 0.05) is 19.5 Å². The van der Waals surface area contributed by atoms with Gasteiger partial charge in [0.1, 0.15) is 0 Å². The first-order chi connectivity index (χ1) is 4.30. The minimum Gasteiger partial charge on any atom is -0.481 e. The maximum absolute atomic E-state index is 10.3. The Morgan fingerprint density at radius 1 is 1.50 bits per heavy atom. The van der Waals surface area contributed by atoms with Crippen molar-refractivity contribution in [2.24, 2.45) is 5.92 Å². The Morgan fingerprint density at radius 3 is 2.50 bits per heavy atom. The van der Waals surface area contributed by atoms with E-state index in [1.165, 1.54) is 0 Å². The first-order valence-corrected chi connectivity index (χ1v) is 3.18. The van der Waals surface area contributed by atoms with Gasteiger partial charge in [-0.15, -0.1) is 0 Å². The molecule has 0 aromatic carbocycles. The molecule has 0 spiro atoms. The molecule has 0 aromatic heterocycles. The number of carboxylic acid groups (broad SMARTS) is 1. The van der Waals surface area contributed by atoms with Crippen LogP contribution < -0.4 is 0 Å². The molecule has 52 valence electrons. The summed E-state index contributed by atoms with van der Waals surface area (Å²) in [6, 6.07) is 0. The molecule has 0 saturated heterocycles. The molecular formula is C7H10O2Zn. The number of carbonyl (C=O) groups is 1. The molecule has 10 heavy (non-hydrogen) atoms. The van der Waals surface area contributed by atoms with Gasteiger partial charge in [0.15, 0.2) is 0 Å². The predicted molar refractivity (Wildman–Crippen MR) is 34.1 cm³/mol. The molecule has 0 saturated carbocycles. The molecule has 1 unspecified atom stereocenters. The van der Waals surface area contributed by atoms with Crippen LogP contribution in [0.3, 0.4) is 0 Å². The van der Waals surface area contributed by atoms with Gasteiger partial charge in [-0.25, -0.2) is 0 Å². The summed E-state index contributed by atoms with van der Waals surface area (Å²) < 4.78 is 0. The molecule has 0 radical (unpaired) electrons.